The number of para-hydroxylation sites is 1. The molecular formula is C31H28N4O5. The Balaban J connectivity index is 1.41. The van der Waals surface area contributed by atoms with Crippen molar-refractivity contribution in [2.45, 2.75) is 33.4 Å². The van der Waals surface area contributed by atoms with E-state index in [0.29, 0.717) is 33.6 Å². The minimum Gasteiger partial charge on any atom is -0.467 e. The molecule has 5 rings (SSSR count). The number of benzene rings is 3. The molecule has 202 valence electrons. The number of anilines is 1. The number of hydrogen-bond acceptors (Lipinski definition) is 5. The van der Waals surface area contributed by atoms with Crippen LogP contribution in [-0.2, 0) is 29.1 Å². The number of rotatable bonds is 8. The van der Waals surface area contributed by atoms with Crippen molar-refractivity contribution >= 4 is 28.4 Å². The highest BCUT2D eigenvalue weighted by atomic mass is 16.3. The fourth-order valence-electron chi connectivity index (χ4n) is 4.47. The first kappa shape index (κ1) is 26.4. The average Bonchev–Trinajstić information content (AvgIpc) is 3.47. The first-order valence-corrected chi connectivity index (χ1v) is 12.8. The predicted molar refractivity (Wildman–Crippen MR) is 153 cm³/mol. The summed E-state index contributed by atoms with van der Waals surface area (Å²) in [6.45, 7) is 3.95. The first-order chi connectivity index (χ1) is 19.3. The van der Waals surface area contributed by atoms with Gasteiger partial charge in [-0.05, 0) is 79.1 Å². The summed E-state index contributed by atoms with van der Waals surface area (Å²) < 4.78 is 7.56. The molecule has 2 heterocycles. The van der Waals surface area contributed by atoms with Crippen molar-refractivity contribution in [2.24, 2.45) is 0 Å². The number of carbonyl (C=O) groups is 2. The van der Waals surface area contributed by atoms with Gasteiger partial charge in [0.25, 0.3) is 5.56 Å². The zero-order valence-electron chi connectivity index (χ0n) is 22.1. The van der Waals surface area contributed by atoms with Crippen molar-refractivity contribution in [3.05, 3.63) is 128 Å². The van der Waals surface area contributed by atoms with Gasteiger partial charge in [-0.2, -0.15) is 0 Å². The Morgan fingerprint density at radius 3 is 2.35 bits per heavy atom. The third-order valence-electron chi connectivity index (χ3n) is 6.74. The summed E-state index contributed by atoms with van der Waals surface area (Å²) in [6.07, 6.45) is 1.66. The van der Waals surface area contributed by atoms with Gasteiger partial charge in [0.05, 0.1) is 35.8 Å². The molecule has 0 unspecified atom stereocenters. The molecule has 40 heavy (non-hydrogen) atoms. The predicted octanol–water partition coefficient (Wildman–Crippen LogP) is 3.86. The van der Waals surface area contributed by atoms with E-state index in [4.69, 9.17) is 4.42 Å². The summed E-state index contributed by atoms with van der Waals surface area (Å²) in [6, 6.07) is 22.4. The number of aromatic nitrogens is 2. The molecule has 0 aliphatic carbocycles. The van der Waals surface area contributed by atoms with E-state index in [1.54, 1.807) is 73.0 Å². The number of hydrogen-bond donors (Lipinski definition) is 2. The lowest BCUT2D eigenvalue weighted by Crippen LogP contribution is -2.40. The molecule has 0 radical (unpaired) electrons. The van der Waals surface area contributed by atoms with Gasteiger partial charge in [0.15, 0.2) is 0 Å². The molecule has 0 aliphatic rings. The maximum absolute atomic E-state index is 13.6. The van der Waals surface area contributed by atoms with Crippen LogP contribution >= 0.6 is 0 Å². The number of aryl methyl sites for hydroxylation is 2. The number of nitrogens with zero attached hydrogens (tertiary/aromatic N) is 2. The zero-order valence-corrected chi connectivity index (χ0v) is 22.1. The zero-order chi connectivity index (χ0) is 28.2. The second kappa shape index (κ2) is 11.3. The molecule has 2 N–H and O–H groups in total. The second-order valence-corrected chi connectivity index (χ2v) is 9.57. The third kappa shape index (κ3) is 5.63. The van der Waals surface area contributed by atoms with Gasteiger partial charge in [-0.3, -0.25) is 19.0 Å². The normalized spacial score (nSPS) is 10.9. The van der Waals surface area contributed by atoms with Gasteiger partial charge in [-0.15, -0.1) is 0 Å². The van der Waals surface area contributed by atoms with E-state index in [-0.39, 0.29) is 25.4 Å². The van der Waals surface area contributed by atoms with Gasteiger partial charge in [0, 0.05) is 5.69 Å². The Morgan fingerprint density at radius 1 is 0.850 bits per heavy atom. The lowest BCUT2D eigenvalue weighted by molar-refractivity contribution is -0.120. The standard InChI is InChI=1S/C31H28N4O5/c1-20-9-12-23(16-21(20)2)33-29(37)19-34-27-8-4-3-7-26(27)30(38)35(31(34)39)24-13-10-22(11-14-24)17-28(36)32-18-25-6-5-15-40-25/h3-16H,17-19H2,1-2H3,(H,32,36)(H,33,37). The van der Waals surface area contributed by atoms with E-state index in [0.717, 1.165) is 15.7 Å². The highest BCUT2D eigenvalue weighted by Gasteiger charge is 2.17. The maximum Gasteiger partial charge on any atom is 0.336 e. The van der Waals surface area contributed by atoms with E-state index in [1.165, 1.54) is 4.57 Å². The van der Waals surface area contributed by atoms with Gasteiger partial charge < -0.3 is 15.1 Å². The van der Waals surface area contributed by atoms with Crippen LogP contribution in [-0.4, -0.2) is 20.9 Å². The van der Waals surface area contributed by atoms with E-state index in [1.807, 2.05) is 26.0 Å². The topological polar surface area (TPSA) is 115 Å². The molecule has 2 amide bonds. The third-order valence-corrected chi connectivity index (χ3v) is 6.74. The molecule has 3 aromatic carbocycles. The Hall–Kier alpha value is -5.18. The minimum absolute atomic E-state index is 0.122. The molecule has 0 fully saturated rings. The fraction of sp³-hybridized carbons (Fsp3) is 0.161. The molecule has 0 saturated heterocycles. The van der Waals surface area contributed by atoms with Crippen molar-refractivity contribution in [3.8, 4) is 5.69 Å². The number of furan rings is 1. The minimum atomic E-state index is -0.636. The largest absolute Gasteiger partial charge is 0.467 e. The van der Waals surface area contributed by atoms with Crippen molar-refractivity contribution in [1.29, 1.82) is 0 Å². The van der Waals surface area contributed by atoms with Crippen LogP contribution in [0.2, 0.25) is 0 Å². The Bertz CT molecular complexity index is 1820. The smallest absolute Gasteiger partial charge is 0.336 e. The number of amides is 2. The number of nitrogens with one attached hydrogen (secondary N) is 2. The highest BCUT2D eigenvalue weighted by molar-refractivity contribution is 5.91. The Morgan fingerprint density at radius 2 is 1.62 bits per heavy atom. The summed E-state index contributed by atoms with van der Waals surface area (Å²) in [5.74, 6) is 0.0686. The molecule has 9 heteroatoms. The van der Waals surface area contributed by atoms with Crippen LogP contribution in [0.3, 0.4) is 0 Å². The van der Waals surface area contributed by atoms with Gasteiger partial charge in [-0.25, -0.2) is 9.36 Å². The van der Waals surface area contributed by atoms with Crippen molar-refractivity contribution in [1.82, 2.24) is 14.5 Å². The second-order valence-electron chi connectivity index (χ2n) is 9.57. The Kier molecular flexibility index (Phi) is 7.46. The van der Waals surface area contributed by atoms with Crippen LogP contribution in [0.5, 0.6) is 0 Å². The fourth-order valence-corrected chi connectivity index (χ4v) is 4.47. The summed E-state index contributed by atoms with van der Waals surface area (Å²) in [4.78, 5) is 52.3. The number of fused-ring (bicyclic) bond motifs is 1. The first-order valence-electron chi connectivity index (χ1n) is 12.8. The summed E-state index contributed by atoms with van der Waals surface area (Å²) >= 11 is 0. The van der Waals surface area contributed by atoms with Crippen molar-refractivity contribution in [2.75, 3.05) is 5.32 Å². The van der Waals surface area contributed by atoms with Crippen LogP contribution in [0.25, 0.3) is 16.6 Å². The van der Waals surface area contributed by atoms with Crippen molar-refractivity contribution in [3.63, 3.8) is 0 Å². The molecule has 9 nitrogen and oxygen atoms in total. The van der Waals surface area contributed by atoms with Gasteiger partial charge in [0.1, 0.15) is 12.3 Å². The van der Waals surface area contributed by atoms with Crippen LogP contribution in [0.1, 0.15) is 22.5 Å². The van der Waals surface area contributed by atoms with Crippen LogP contribution < -0.4 is 21.9 Å². The van der Waals surface area contributed by atoms with E-state index < -0.39 is 17.2 Å². The SMILES string of the molecule is Cc1ccc(NC(=O)Cn2c(=O)n(-c3ccc(CC(=O)NCc4ccco4)cc3)c(=O)c3ccccc32)cc1C. The molecule has 2 aromatic heterocycles. The quantitative estimate of drug-likeness (QED) is 0.313. The van der Waals surface area contributed by atoms with Gasteiger partial charge in [0.2, 0.25) is 11.8 Å². The molecule has 0 atom stereocenters. The molecule has 0 bridgehead atoms. The molecule has 0 spiro atoms. The lowest BCUT2D eigenvalue weighted by atomic mass is 10.1. The molecule has 0 saturated carbocycles. The Labute approximate surface area is 229 Å². The molecular weight excluding hydrogens is 508 g/mol. The van der Waals surface area contributed by atoms with Crippen molar-refractivity contribution < 1.29 is 14.0 Å². The highest BCUT2D eigenvalue weighted by Crippen LogP contribution is 2.15. The van der Waals surface area contributed by atoms with E-state index >= 15 is 0 Å². The van der Waals surface area contributed by atoms with Gasteiger partial charge >= 0.3 is 5.69 Å². The summed E-state index contributed by atoms with van der Waals surface area (Å²) in [5, 5.41) is 5.93. The summed E-state index contributed by atoms with van der Waals surface area (Å²) in [7, 11) is 0. The van der Waals surface area contributed by atoms with Crippen LogP contribution in [0.15, 0.2) is 99.1 Å². The maximum atomic E-state index is 13.6. The molecule has 0 aliphatic heterocycles. The van der Waals surface area contributed by atoms with Gasteiger partial charge in [-0.1, -0.05) is 30.3 Å². The van der Waals surface area contributed by atoms with Crippen LogP contribution in [0, 0.1) is 13.8 Å². The average molecular weight is 537 g/mol. The van der Waals surface area contributed by atoms with E-state index in [9.17, 15) is 19.2 Å². The van der Waals surface area contributed by atoms with E-state index in [2.05, 4.69) is 10.6 Å². The number of carbonyl (C=O) groups excluding carboxylic acids is 2. The van der Waals surface area contributed by atoms with Crippen LogP contribution in [0.4, 0.5) is 5.69 Å². The lowest BCUT2D eigenvalue weighted by Gasteiger charge is -2.15. The monoisotopic (exact) mass is 536 g/mol. The molecule has 5 aromatic rings. The summed E-state index contributed by atoms with van der Waals surface area (Å²) in [5.41, 5.74) is 3.06.